The van der Waals surface area contributed by atoms with Gasteiger partial charge in [0.25, 0.3) is 0 Å². The van der Waals surface area contributed by atoms with E-state index in [1.54, 1.807) is 55.3 Å². The van der Waals surface area contributed by atoms with Gasteiger partial charge in [0.2, 0.25) is 18.6 Å². The number of hydrogen-bond acceptors (Lipinski definition) is 7. The van der Waals surface area contributed by atoms with E-state index in [4.69, 9.17) is 14.2 Å². The van der Waals surface area contributed by atoms with Gasteiger partial charge < -0.3 is 39.8 Å². The molecule has 11 heteroatoms. The monoisotopic (exact) mass is 552 g/mol. The van der Waals surface area contributed by atoms with Gasteiger partial charge in [-0.1, -0.05) is 6.92 Å². The summed E-state index contributed by atoms with van der Waals surface area (Å²) in [5.41, 5.74) is 1.82. The number of carbonyl (C=O) groups excluding carboxylic acids is 3. The highest BCUT2D eigenvalue weighted by Crippen LogP contribution is 2.35. The van der Waals surface area contributed by atoms with Crippen LogP contribution < -0.4 is 24.8 Å². The molecular formula is C29H36N4O7. The van der Waals surface area contributed by atoms with Crippen LogP contribution in [-0.2, 0) is 16.0 Å². The van der Waals surface area contributed by atoms with Crippen LogP contribution in [0.3, 0.4) is 0 Å². The molecule has 214 valence electrons. The average Bonchev–Trinajstić information content (AvgIpc) is 3.68. The number of benzene rings is 2. The van der Waals surface area contributed by atoms with Crippen LogP contribution in [0.1, 0.15) is 32.3 Å². The minimum absolute atomic E-state index is 0.0209. The van der Waals surface area contributed by atoms with Gasteiger partial charge in [-0.2, -0.15) is 0 Å². The van der Waals surface area contributed by atoms with E-state index in [1.165, 1.54) is 4.90 Å². The van der Waals surface area contributed by atoms with Crippen LogP contribution in [0.25, 0.3) is 0 Å². The van der Waals surface area contributed by atoms with E-state index < -0.39 is 6.10 Å². The molecule has 0 radical (unpaired) electrons. The second-order valence-corrected chi connectivity index (χ2v) is 10.9. The molecule has 11 nitrogen and oxygen atoms in total. The number of urea groups is 1. The molecule has 0 spiro atoms. The average molecular weight is 553 g/mol. The lowest BCUT2D eigenvalue weighted by molar-refractivity contribution is -0.134. The van der Waals surface area contributed by atoms with Crippen molar-refractivity contribution in [2.24, 2.45) is 11.8 Å². The Bertz CT molecular complexity index is 1280. The molecule has 0 saturated heterocycles. The number of carbonyl (C=O) groups is 3. The van der Waals surface area contributed by atoms with Crippen molar-refractivity contribution in [1.82, 2.24) is 9.80 Å². The predicted molar refractivity (Wildman–Crippen MR) is 148 cm³/mol. The topological polar surface area (TPSA) is 130 Å². The van der Waals surface area contributed by atoms with Crippen molar-refractivity contribution in [3.8, 4) is 17.2 Å². The number of likely N-dealkylation sites (N-methyl/N-ethyl adjacent to an activating group) is 1. The maximum Gasteiger partial charge on any atom is 0.321 e. The molecule has 0 unspecified atom stereocenters. The van der Waals surface area contributed by atoms with Crippen molar-refractivity contribution < 1.29 is 33.7 Å². The van der Waals surface area contributed by atoms with Crippen LogP contribution in [0.4, 0.5) is 16.2 Å². The summed E-state index contributed by atoms with van der Waals surface area (Å²) in [6.07, 6.45) is 1.38. The van der Waals surface area contributed by atoms with E-state index in [-0.39, 0.29) is 62.1 Å². The Balaban J connectivity index is 1.35. The second-order valence-electron chi connectivity index (χ2n) is 10.9. The lowest BCUT2D eigenvalue weighted by atomic mass is 10.0. The summed E-state index contributed by atoms with van der Waals surface area (Å²) >= 11 is 0. The van der Waals surface area contributed by atoms with Gasteiger partial charge >= 0.3 is 6.03 Å². The highest BCUT2D eigenvalue weighted by atomic mass is 16.7. The molecule has 3 atom stereocenters. The Morgan fingerprint density at radius 2 is 1.77 bits per heavy atom. The lowest BCUT2D eigenvalue weighted by Crippen LogP contribution is -2.48. The molecule has 3 aliphatic rings. The normalized spacial score (nSPS) is 20.8. The van der Waals surface area contributed by atoms with E-state index in [2.05, 4.69) is 10.6 Å². The van der Waals surface area contributed by atoms with Crippen LogP contribution in [0, 0.1) is 11.8 Å². The van der Waals surface area contributed by atoms with Crippen molar-refractivity contribution in [3.63, 3.8) is 0 Å². The summed E-state index contributed by atoms with van der Waals surface area (Å²) in [6.45, 7) is 4.33. The Kier molecular flexibility index (Phi) is 8.02. The SMILES string of the molecule is C[C@H]1CN([C@@H](C)CO)C(=O)Cc2cc(NC(=O)C3CC3)ccc2O[C@H]1CN(C)C(=O)Nc1ccc2c(c1)OCO2. The van der Waals surface area contributed by atoms with Gasteiger partial charge in [0.1, 0.15) is 11.9 Å². The third kappa shape index (κ3) is 6.25. The third-order valence-electron chi connectivity index (χ3n) is 7.56. The van der Waals surface area contributed by atoms with Crippen LogP contribution in [0.2, 0.25) is 0 Å². The summed E-state index contributed by atoms with van der Waals surface area (Å²) < 4.78 is 17.2. The first-order valence-corrected chi connectivity index (χ1v) is 13.6. The number of ether oxygens (including phenoxy) is 3. The van der Waals surface area contributed by atoms with Crippen LogP contribution in [-0.4, -0.2) is 78.4 Å². The molecular weight excluding hydrogens is 516 g/mol. The van der Waals surface area contributed by atoms with Gasteiger partial charge in [-0.05, 0) is 50.1 Å². The molecule has 40 heavy (non-hydrogen) atoms. The molecule has 3 N–H and O–H groups in total. The number of anilines is 2. The fraction of sp³-hybridized carbons (Fsp3) is 0.483. The Labute approximate surface area is 233 Å². The number of hydrogen-bond donors (Lipinski definition) is 3. The number of aliphatic hydroxyl groups is 1. The number of amides is 4. The molecule has 2 aliphatic heterocycles. The zero-order valence-corrected chi connectivity index (χ0v) is 23.0. The number of nitrogens with one attached hydrogen (secondary N) is 2. The van der Waals surface area contributed by atoms with Gasteiger partial charge in [0.05, 0.1) is 25.6 Å². The molecule has 4 amide bonds. The molecule has 1 aliphatic carbocycles. The van der Waals surface area contributed by atoms with Gasteiger partial charge in [0, 0.05) is 48.4 Å². The predicted octanol–water partition coefficient (Wildman–Crippen LogP) is 3.08. The first-order valence-electron chi connectivity index (χ1n) is 13.6. The summed E-state index contributed by atoms with van der Waals surface area (Å²) in [6, 6.07) is 9.80. The minimum atomic E-state index is -0.461. The van der Waals surface area contributed by atoms with Crippen molar-refractivity contribution >= 4 is 29.2 Å². The first-order chi connectivity index (χ1) is 19.2. The van der Waals surface area contributed by atoms with Crippen LogP contribution in [0.5, 0.6) is 17.2 Å². The zero-order chi connectivity index (χ0) is 28.4. The fourth-order valence-corrected chi connectivity index (χ4v) is 4.86. The van der Waals surface area contributed by atoms with Gasteiger partial charge in [-0.3, -0.25) is 9.59 Å². The summed E-state index contributed by atoms with van der Waals surface area (Å²) in [4.78, 5) is 42.0. The van der Waals surface area contributed by atoms with Crippen molar-refractivity contribution in [2.75, 3.05) is 44.2 Å². The first kappa shape index (κ1) is 27.6. The van der Waals surface area contributed by atoms with Crippen molar-refractivity contribution in [2.45, 2.75) is 45.3 Å². The molecule has 1 saturated carbocycles. The van der Waals surface area contributed by atoms with E-state index in [1.807, 2.05) is 6.92 Å². The van der Waals surface area contributed by atoms with Crippen LogP contribution in [0.15, 0.2) is 36.4 Å². The summed E-state index contributed by atoms with van der Waals surface area (Å²) in [5.74, 6) is 1.45. The highest BCUT2D eigenvalue weighted by molar-refractivity contribution is 5.94. The molecule has 2 heterocycles. The van der Waals surface area contributed by atoms with Gasteiger partial charge in [-0.25, -0.2) is 4.79 Å². The van der Waals surface area contributed by atoms with E-state index in [0.717, 1.165) is 12.8 Å². The largest absolute Gasteiger partial charge is 0.488 e. The number of nitrogens with zero attached hydrogens (tertiary/aromatic N) is 2. The molecule has 0 bridgehead atoms. The number of rotatable bonds is 7. The molecule has 2 aromatic rings. The fourth-order valence-electron chi connectivity index (χ4n) is 4.86. The third-order valence-corrected chi connectivity index (χ3v) is 7.56. The Morgan fingerprint density at radius 1 is 1.07 bits per heavy atom. The summed E-state index contributed by atoms with van der Waals surface area (Å²) in [7, 11) is 1.68. The maximum absolute atomic E-state index is 13.4. The minimum Gasteiger partial charge on any atom is -0.488 e. The molecule has 2 aromatic carbocycles. The zero-order valence-electron chi connectivity index (χ0n) is 23.0. The molecule has 5 rings (SSSR count). The van der Waals surface area contributed by atoms with Crippen molar-refractivity contribution in [3.05, 3.63) is 42.0 Å². The summed E-state index contributed by atoms with van der Waals surface area (Å²) in [5, 5.41) is 15.7. The molecule has 0 aromatic heterocycles. The smallest absolute Gasteiger partial charge is 0.321 e. The number of fused-ring (bicyclic) bond motifs is 2. The Morgan fingerprint density at radius 3 is 2.50 bits per heavy atom. The lowest BCUT2D eigenvalue weighted by Gasteiger charge is -2.34. The van der Waals surface area contributed by atoms with E-state index >= 15 is 0 Å². The number of aliphatic hydroxyl groups excluding tert-OH is 1. The van der Waals surface area contributed by atoms with Crippen molar-refractivity contribution in [1.29, 1.82) is 0 Å². The quantitative estimate of drug-likeness (QED) is 0.481. The van der Waals surface area contributed by atoms with E-state index in [0.29, 0.717) is 40.7 Å². The maximum atomic E-state index is 13.4. The standard InChI is InChI=1S/C29H36N4O7/c1-17-13-33(18(2)15-34)27(35)11-20-10-21(30-28(36)19-4-5-19)6-8-23(20)40-26(17)14-32(3)29(37)31-22-7-9-24-25(12-22)39-16-38-24/h6-10,12,17-19,26,34H,4-5,11,13-16H2,1-3H3,(H,30,36)(H,31,37)/t17-,18-,26-/m0/s1. The second kappa shape index (κ2) is 11.6. The van der Waals surface area contributed by atoms with Gasteiger partial charge in [-0.15, -0.1) is 0 Å². The van der Waals surface area contributed by atoms with Gasteiger partial charge in [0.15, 0.2) is 11.5 Å². The Hall–Kier alpha value is -3.99. The van der Waals surface area contributed by atoms with Crippen LogP contribution >= 0.6 is 0 Å². The highest BCUT2D eigenvalue weighted by Gasteiger charge is 2.33. The molecule has 1 fully saturated rings. The van der Waals surface area contributed by atoms with E-state index in [9.17, 15) is 19.5 Å².